The largest absolute Gasteiger partial charge is 0.380 e. The minimum Gasteiger partial charge on any atom is -0.380 e. The zero-order valence-corrected chi connectivity index (χ0v) is 11.4. The van der Waals surface area contributed by atoms with Gasteiger partial charge in [0.15, 0.2) is 5.82 Å². The van der Waals surface area contributed by atoms with E-state index >= 15 is 0 Å². The van der Waals surface area contributed by atoms with Crippen LogP contribution in [0.25, 0.3) is 5.82 Å². The molecule has 0 radical (unpaired) electrons. The number of hydrogen-bond donors (Lipinski definition) is 1. The Morgan fingerprint density at radius 1 is 1.27 bits per heavy atom. The monoisotopic (exact) mass is 294 g/mol. The molecule has 7 heteroatoms. The van der Waals surface area contributed by atoms with E-state index in [0.29, 0.717) is 18.1 Å². The predicted octanol–water partition coefficient (Wildman–Crippen LogP) is 2.29. The maximum absolute atomic E-state index is 13.6. The third kappa shape index (κ3) is 2.62. The van der Waals surface area contributed by atoms with Crippen molar-refractivity contribution in [3.63, 3.8) is 0 Å². The van der Waals surface area contributed by atoms with Gasteiger partial charge >= 0.3 is 0 Å². The number of rotatable bonds is 4. The molecular formula is C15H11FN6. The quantitative estimate of drug-likeness (QED) is 0.798. The minimum absolute atomic E-state index is 0.00584. The molecule has 0 bridgehead atoms. The Kier molecular flexibility index (Phi) is 3.74. The molecule has 2 aromatic heterocycles. The highest BCUT2D eigenvalue weighted by Gasteiger charge is 2.10. The molecule has 22 heavy (non-hydrogen) atoms. The Hall–Kier alpha value is -3.27. The number of halogens is 1. The fraction of sp³-hybridized carbons (Fsp3) is 0.0667. The number of aromatic nitrogens is 4. The molecule has 3 aromatic rings. The number of pyridine rings is 1. The summed E-state index contributed by atoms with van der Waals surface area (Å²) in [5, 5.41) is 16.1. The molecule has 0 aliphatic heterocycles. The van der Waals surface area contributed by atoms with Gasteiger partial charge in [0.2, 0.25) is 0 Å². The first kappa shape index (κ1) is 13.7. The molecule has 2 heterocycles. The van der Waals surface area contributed by atoms with Gasteiger partial charge in [0.1, 0.15) is 30.1 Å². The van der Waals surface area contributed by atoms with E-state index in [0.717, 1.165) is 5.56 Å². The number of nitriles is 1. The van der Waals surface area contributed by atoms with Gasteiger partial charge in [0.25, 0.3) is 0 Å². The Bertz CT molecular complexity index is 822. The molecule has 0 unspecified atom stereocenters. The van der Waals surface area contributed by atoms with E-state index in [1.165, 1.54) is 12.4 Å². The van der Waals surface area contributed by atoms with E-state index in [9.17, 15) is 4.39 Å². The second-order valence-electron chi connectivity index (χ2n) is 4.45. The summed E-state index contributed by atoms with van der Waals surface area (Å²) in [4.78, 5) is 8.17. The van der Waals surface area contributed by atoms with Crippen molar-refractivity contribution in [1.29, 1.82) is 5.26 Å². The van der Waals surface area contributed by atoms with Gasteiger partial charge in [0.05, 0.1) is 5.69 Å². The SMILES string of the molecule is N#Cc1c(F)cccc1NCc1cccnc1-n1cncn1. The molecule has 3 rings (SSSR count). The van der Waals surface area contributed by atoms with Crippen molar-refractivity contribution < 1.29 is 4.39 Å². The van der Waals surface area contributed by atoms with Crippen molar-refractivity contribution in [2.75, 3.05) is 5.32 Å². The van der Waals surface area contributed by atoms with E-state index < -0.39 is 5.82 Å². The first-order chi connectivity index (χ1) is 10.8. The summed E-state index contributed by atoms with van der Waals surface area (Å²) in [6, 6.07) is 10.0. The smallest absolute Gasteiger partial charge is 0.160 e. The molecule has 6 nitrogen and oxygen atoms in total. The molecule has 0 saturated carbocycles. The lowest BCUT2D eigenvalue weighted by molar-refractivity contribution is 0.624. The normalized spacial score (nSPS) is 10.2. The second kappa shape index (κ2) is 6.01. The maximum Gasteiger partial charge on any atom is 0.160 e. The molecular weight excluding hydrogens is 283 g/mol. The summed E-state index contributed by atoms with van der Waals surface area (Å²) in [6.45, 7) is 0.376. The average molecular weight is 294 g/mol. The molecule has 108 valence electrons. The number of nitrogens with zero attached hydrogens (tertiary/aromatic N) is 5. The lowest BCUT2D eigenvalue weighted by Gasteiger charge is -2.11. The number of nitrogens with one attached hydrogen (secondary N) is 1. The van der Waals surface area contributed by atoms with Crippen LogP contribution in [0.4, 0.5) is 10.1 Å². The summed E-state index contributed by atoms with van der Waals surface area (Å²) in [6.07, 6.45) is 4.63. The molecule has 1 N–H and O–H groups in total. The van der Waals surface area contributed by atoms with E-state index in [1.807, 2.05) is 12.1 Å². The number of anilines is 1. The van der Waals surface area contributed by atoms with Crippen molar-refractivity contribution in [3.8, 4) is 11.9 Å². The van der Waals surface area contributed by atoms with Crippen LogP contribution in [0.2, 0.25) is 0 Å². The fourth-order valence-electron chi connectivity index (χ4n) is 2.07. The molecule has 0 aliphatic rings. The lowest BCUT2D eigenvalue weighted by atomic mass is 10.1. The third-order valence-electron chi connectivity index (χ3n) is 3.10. The standard InChI is InChI=1S/C15H11FN6/c16-13-4-1-5-14(12(13)7-17)20-8-11-3-2-6-19-15(11)22-10-18-9-21-22/h1-6,9-10,20H,8H2. The summed E-state index contributed by atoms with van der Waals surface area (Å²) in [7, 11) is 0. The summed E-state index contributed by atoms with van der Waals surface area (Å²) in [5.41, 5.74) is 1.28. The van der Waals surface area contributed by atoms with E-state index in [4.69, 9.17) is 5.26 Å². The van der Waals surface area contributed by atoms with Crippen LogP contribution in [-0.2, 0) is 6.54 Å². The Balaban J connectivity index is 1.87. The highest BCUT2D eigenvalue weighted by molar-refractivity contribution is 5.58. The predicted molar refractivity (Wildman–Crippen MR) is 77.6 cm³/mol. The van der Waals surface area contributed by atoms with E-state index in [2.05, 4.69) is 20.4 Å². The van der Waals surface area contributed by atoms with Crippen LogP contribution in [0.5, 0.6) is 0 Å². The molecule has 0 aliphatic carbocycles. The van der Waals surface area contributed by atoms with Crippen molar-refractivity contribution >= 4 is 5.69 Å². The Morgan fingerprint density at radius 3 is 2.95 bits per heavy atom. The van der Waals surface area contributed by atoms with Crippen LogP contribution in [0.15, 0.2) is 49.2 Å². The molecule has 0 saturated heterocycles. The summed E-state index contributed by atoms with van der Waals surface area (Å²) < 4.78 is 15.1. The third-order valence-corrected chi connectivity index (χ3v) is 3.10. The van der Waals surface area contributed by atoms with Gasteiger partial charge in [-0.25, -0.2) is 19.0 Å². The van der Waals surface area contributed by atoms with Gasteiger partial charge < -0.3 is 5.32 Å². The van der Waals surface area contributed by atoms with Crippen molar-refractivity contribution in [2.24, 2.45) is 0 Å². The fourth-order valence-corrected chi connectivity index (χ4v) is 2.07. The van der Waals surface area contributed by atoms with Crippen LogP contribution in [0, 0.1) is 17.1 Å². The first-order valence-electron chi connectivity index (χ1n) is 6.51. The highest BCUT2D eigenvalue weighted by atomic mass is 19.1. The average Bonchev–Trinajstić information content (AvgIpc) is 3.07. The lowest BCUT2D eigenvalue weighted by Crippen LogP contribution is -2.08. The van der Waals surface area contributed by atoms with Crippen LogP contribution < -0.4 is 5.32 Å². The van der Waals surface area contributed by atoms with Crippen molar-refractivity contribution in [2.45, 2.75) is 6.54 Å². The molecule has 1 aromatic carbocycles. The molecule has 0 amide bonds. The highest BCUT2D eigenvalue weighted by Crippen LogP contribution is 2.19. The van der Waals surface area contributed by atoms with Crippen molar-refractivity contribution in [1.82, 2.24) is 19.7 Å². The number of benzene rings is 1. The van der Waals surface area contributed by atoms with Gasteiger partial charge in [0, 0.05) is 18.3 Å². The van der Waals surface area contributed by atoms with Crippen molar-refractivity contribution in [3.05, 3.63) is 66.1 Å². The Labute approximate surface area is 125 Å². The molecule has 0 spiro atoms. The van der Waals surface area contributed by atoms with Gasteiger partial charge in [-0.2, -0.15) is 10.4 Å². The van der Waals surface area contributed by atoms with E-state index in [-0.39, 0.29) is 5.56 Å². The van der Waals surface area contributed by atoms with Gasteiger partial charge in [-0.3, -0.25) is 0 Å². The minimum atomic E-state index is -0.546. The van der Waals surface area contributed by atoms with E-state index in [1.54, 1.807) is 35.4 Å². The summed E-state index contributed by atoms with van der Waals surface area (Å²) in [5.74, 6) is 0.0811. The topological polar surface area (TPSA) is 79.4 Å². The summed E-state index contributed by atoms with van der Waals surface area (Å²) >= 11 is 0. The Morgan fingerprint density at radius 2 is 2.18 bits per heavy atom. The van der Waals surface area contributed by atoms with Crippen LogP contribution >= 0.6 is 0 Å². The molecule has 0 fully saturated rings. The van der Waals surface area contributed by atoms with Gasteiger partial charge in [-0.1, -0.05) is 12.1 Å². The van der Waals surface area contributed by atoms with Crippen LogP contribution in [-0.4, -0.2) is 19.7 Å². The van der Waals surface area contributed by atoms with Gasteiger partial charge in [-0.05, 0) is 18.2 Å². The molecule has 0 atom stereocenters. The first-order valence-corrected chi connectivity index (χ1v) is 6.51. The van der Waals surface area contributed by atoms with Gasteiger partial charge in [-0.15, -0.1) is 0 Å². The maximum atomic E-state index is 13.6. The number of hydrogen-bond acceptors (Lipinski definition) is 5. The zero-order valence-electron chi connectivity index (χ0n) is 11.4. The zero-order chi connectivity index (χ0) is 15.4. The second-order valence-corrected chi connectivity index (χ2v) is 4.45. The van der Waals surface area contributed by atoms with Crippen LogP contribution in [0.3, 0.4) is 0 Å². The van der Waals surface area contributed by atoms with Crippen LogP contribution in [0.1, 0.15) is 11.1 Å².